The maximum absolute atomic E-state index is 11.5. The van der Waals surface area contributed by atoms with Crippen LogP contribution in [-0.2, 0) is 19.1 Å². The summed E-state index contributed by atoms with van der Waals surface area (Å²) >= 11 is 0. The molecule has 0 aliphatic carbocycles. The van der Waals surface area contributed by atoms with E-state index in [0.29, 0.717) is 12.8 Å². The van der Waals surface area contributed by atoms with Gasteiger partial charge in [0.1, 0.15) is 0 Å². The highest BCUT2D eigenvalue weighted by Crippen LogP contribution is 2.12. The highest BCUT2D eigenvalue weighted by atomic mass is 16.5. The van der Waals surface area contributed by atoms with E-state index in [2.05, 4.69) is 0 Å². The van der Waals surface area contributed by atoms with Gasteiger partial charge in [-0.15, -0.1) is 0 Å². The van der Waals surface area contributed by atoms with Gasteiger partial charge in [0, 0.05) is 12.8 Å². The molecular weight excluding hydrogens is 304 g/mol. The average Bonchev–Trinajstić information content (AvgIpc) is 2.56. The molecule has 0 aliphatic rings. The fourth-order valence-electron chi connectivity index (χ4n) is 2.33. The normalized spacial score (nSPS) is 13.3. The van der Waals surface area contributed by atoms with Gasteiger partial charge in [-0.25, -0.2) is 0 Å². The summed E-state index contributed by atoms with van der Waals surface area (Å²) < 4.78 is 10.5. The first kappa shape index (κ1) is 22.9. The van der Waals surface area contributed by atoms with Crippen molar-refractivity contribution >= 4 is 11.9 Å². The van der Waals surface area contributed by atoms with Crippen LogP contribution in [0.4, 0.5) is 0 Å². The predicted molar refractivity (Wildman–Crippen MR) is 97.9 cm³/mol. The Balaban J connectivity index is 3.31. The van der Waals surface area contributed by atoms with Gasteiger partial charge in [-0.05, 0) is 39.5 Å². The lowest BCUT2D eigenvalue weighted by atomic mass is 10.1. The van der Waals surface area contributed by atoms with Crippen molar-refractivity contribution in [2.24, 2.45) is 0 Å². The molecule has 0 fully saturated rings. The highest BCUT2D eigenvalue weighted by Gasteiger charge is 2.08. The summed E-state index contributed by atoms with van der Waals surface area (Å²) in [4.78, 5) is 23.0. The van der Waals surface area contributed by atoms with Crippen LogP contribution >= 0.6 is 0 Å². The molecule has 142 valence electrons. The number of hydrogen-bond acceptors (Lipinski definition) is 4. The Morgan fingerprint density at radius 3 is 1.21 bits per heavy atom. The largest absolute Gasteiger partial charge is 0.463 e. The quantitative estimate of drug-likeness (QED) is 0.288. The molecule has 4 nitrogen and oxygen atoms in total. The van der Waals surface area contributed by atoms with Crippen LogP contribution in [0.25, 0.3) is 0 Å². The first-order chi connectivity index (χ1) is 11.5. The van der Waals surface area contributed by atoms with E-state index in [1.807, 2.05) is 27.7 Å². The summed E-state index contributed by atoms with van der Waals surface area (Å²) in [7, 11) is 0. The van der Waals surface area contributed by atoms with Crippen molar-refractivity contribution in [1.29, 1.82) is 0 Å². The Morgan fingerprint density at radius 2 is 0.917 bits per heavy atom. The minimum atomic E-state index is -0.0615. The summed E-state index contributed by atoms with van der Waals surface area (Å²) in [6.45, 7) is 7.91. The number of carbonyl (C=O) groups excluding carboxylic acids is 2. The second-order valence-corrected chi connectivity index (χ2v) is 6.75. The predicted octanol–water partition coefficient (Wildman–Crippen LogP) is 5.57. The number of rotatable bonds is 15. The van der Waals surface area contributed by atoms with E-state index in [0.717, 1.165) is 38.5 Å². The minimum absolute atomic E-state index is 0.0416. The molecule has 24 heavy (non-hydrogen) atoms. The smallest absolute Gasteiger partial charge is 0.306 e. The van der Waals surface area contributed by atoms with Crippen LogP contribution in [0.3, 0.4) is 0 Å². The summed E-state index contributed by atoms with van der Waals surface area (Å²) in [6, 6.07) is 0. The SMILES string of the molecule is CCC(C)OC(=O)CCCCCCCCCCC(=O)OC(C)CC. The van der Waals surface area contributed by atoms with Crippen molar-refractivity contribution in [2.75, 3.05) is 0 Å². The van der Waals surface area contributed by atoms with Crippen LogP contribution in [0.1, 0.15) is 105 Å². The first-order valence-electron chi connectivity index (χ1n) is 9.88. The Bertz CT molecular complexity index is 296. The van der Waals surface area contributed by atoms with Crippen LogP contribution in [0.5, 0.6) is 0 Å². The van der Waals surface area contributed by atoms with Gasteiger partial charge < -0.3 is 9.47 Å². The molecule has 0 N–H and O–H groups in total. The second-order valence-electron chi connectivity index (χ2n) is 6.75. The lowest BCUT2D eigenvalue weighted by Gasteiger charge is -2.10. The number of hydrogen-bond donors (Lipinski definition) is 0. The molecule has 0 saturated heterocycles. The number of unbranched alkanes of at least 4 members (excludes halogenated alkanes) is 7. The fraction of sp³-hybridized carbons (Fsp3) is 0.900. The van der Waals surface area contributed by atoms with Gasteiger partial charge in [0.2, 0.25) is 0 Å². The first-order valence-corrected chi connectivity index (χ1v) is 9.88. The molecule has 0 aromatic heterocycles. The van der Waals surface area contributed by atoms with Crippen LogP contribution < -0.4 is 0 Å². The molecular formula is C20H38O4. The highest BCUT2D eigenvalue weighted by molar-refractivity contribution is 5.69. The molecule has 0 radical (unpaired) electrons. The van der Waals surface area contributed by atoms with E-state index in [9.17, 15) is 9.59 Å². The molecule has 4 heteroatoms. The summed E-state index contributed by atoms with van der Waals surface area (Å²) in [5.74, 6) is -0.123. The standard InChI is InChI=1S/C20H38O4/c1-5-17(3)23-19(21)15-13-11-9-7-8-10-12-14-16-20(22)24-18(4)6-2/h17-18H,5-16H2,1-4H3. The molecule has 0 spiro atoms. The molecule has 2 atom stereocenters. The summed E-state index contributed by atoms with van der Waals surface area (Å²) in [5, 5.41) is 0. The Labute approximate surface area is 148 Å². The maximum atomic E-state index is 11.5. The van der Waals surface area contributed by atoms with Crippen LogP contribution in [0.2, 0.25) is 0 Å². The zero-order chi connectivity index (χ0) is 18.2. The molecule has 0 saturated carbocycles. The third kappa shape index (κ3) is 14.5. The van der Waals surface area contributed by atoms with E-state index in [1.165, 1.54) is 25.7 Å². The number of esters is 2. The number of carbonyl (C=O) groups is 2. The molecule has 0 rings (SSSR count). The van der Waals surface area contributed by atoms with E-state index < -0.39 is 0 Å². The zero-order valence-electron chi connectivity index (χ0n) is 16.3. The lowest BCUT2D eigenvalue weighted by molar-refractivity contribution is -0.149. The number of ether oxygens (including phenoxy) is 2. The molecule has 0 aromatic carbocycles. The maximum Gasteiger partial charge on any atom is 0.306 e. The second kappa shape index (κ2) is 15.5. The van der Waals surface area contributed by atoms with Crippen LogP contribution in [0.15, 0.2) is 0 Å². The molecule has 2 unspecified atom stereocenters. The van der Waals surface area contributed by atoms with Gasteiger partial charge in [-0.2, -0.15) is 0 Å². The van der Waals surface area contributed by atoms with E-state index in [4.69, 9.17) is 9.47 Å². The van der Waals surface area contributed by atoms with Crippen molar-refractivity contribution in [3.05, 3.63) is 0 Å². The monoisotopic (exact) mass is 342 g/mol. The molecule has 0 aliphatic heterocycles. The lowest BCUT2D eigenvalue weighted by Crippen LogP contribution is -2.13. The van der Waals surface area contributed by atoms with E-state index in [-0.39, 0.29) is 24.1 Å². The molecule has 0 aromatic rings. The average molecular weight is 343 g/mol. The van der Waals surface area contributed by atoms with Crippen molar-refractivity contribution in [2.45, 2.75) is 117 Å². The minimum Gasteiger partial charge on any atom is -0.463 e. The van der Waals surface area contributed by atoms with Gasteiger partial charge in [-0.1, -0.05) is 52.4 Å². The van der Waals surface area contributed by atoms with Gasteiger partial charge in [0.15, 0.2) is 0 Å². The van der Waals surface area contributed by atoms with E-state index >= 15 is 0 Å². The zero-order valence-corrected chi connectivity index (χ0v) is 16.3. The van der Waals surface area contributed by atoms with Gasteiger partial charge >= 0.3 is 11.9 Å². The molecule has 0 heterocycles. The van der Waals surface area contributed by atoms with Crippen molar-refractivity contribution in [1.82, 2.24) is 0 Å². The van der Waals surface area contributed by atoms with Crippen molar-refractivity contribution < 1.29 is 19.1 Å². The van der Waals surface area contributed by atoms with Gasteiger partial charge in [-0.3, -0.25) is 9.59 Å². The third-order valence-electron chi connectivity index (χ3n) is 4.33. The molecule has 0 bridgehead atoms. The third-order valence-corrected chi connectivity index (χ3v) is 4.33. The van der Waals surface area contributed by atoms with Crippen LogP contribution in [0, 0.1) is 0 Å². The van der Waals surface area contributed by atoms with Crippen molar-refractivity contribution in [3.63, 3.8) is 0 Å². The molecule has 0 amide bonds. The van der Waals surface area contributed by atoms with E-state index in [1.54, 1.807) is 0 Å². The van der Waals surface area contributed by atoms with Gasteiger partial charge in [0.25, 0.3) is 0 Å². The summed E-state index contributed by atoms with van der Waals surface area (Å²) in [5.41, 5.74) is 0. The Hall–Kier alpha value is -1.06. The topological polar surface area (TPSA) is 52.6 Å². The van der Waals surface area contributed by atoms with Gasteiger partial charge in [0.05, 0.1) is 12.2 Å². The summed E-state index contributed by atoms with van der Waals surface area (Å²) in [6.07, 6.45) is 11.7. The Morgan fingerprint density at radius 1 is 0.625 bits per heavy atom. The Kier molecular flexibility index (Phi) is 14.8. The van der Waals surface area contributed by atoms with Crippen LogP contribution in [-0.4, -0.2) is 24.1 Å². The fourth-order valence-corrected chi connectivity index (χ4v) is 2.33. The van der Waals surface area contributed by atoms with Crippen molar-refractivity contribution in [3.8, 4) is 0 Å².